The zero-order valence-electron chi connectivity index (χ0n) is 15.0. The third-order valence-corrected chi connectivity index (χ3v) is 6.29. The molecular weight excluding hydrogens is 419 g/mol. The lowest BCUT2D eigenvalue weighted by Crippen LogP contribution is -2.45. The molecule has 4 nitrogen and oxygen atoms in total. The first-order valence-corrected chi connectivity index (χ1v) is 10.1. The highest BCUT2D eigenvalue weighted by Gasteiger charge is 2.25. The summed E-state index contributed by atoms with van der Waals surface area (Å²) < 4.78 is 0. The number of halogens is 1. The Kier molecular flexibility index (Phi) is 10.9. The van der Waals surface area contributed by atoms with Crippen molar-refractivity contribution in [3.05, 3.63) is 0 Å². The molecule has 0 aliphatic heterocycles. The van der Waals surface area contributed by atoms with Gasteiger partial charge in [-0.2, -0.15) is 11.8 Å². The molecule has 0 bridgehead atoms. The molecule has 2 saturated carbocycles. The van der Waals surface area contributed by atoms with Gasteiger partial charge in [-0.05, 0) is 44.9 Å². The Morgan fingerprint density at radius 2 is 1.96 bits per heavy atom. The molecule has 0 saturated heterocycles. The van der Waals surface area contributed by atoms with Crippen molar-refractivity contribution >= 4 is 41.7 Å². The van der Waals surface area contributed by atoms with E-state index in [2.05, 4.69) is 46.3 Å². The van der Waals surface area contributed by atoms with Gasteiger partial charge in [-0.3, -0.25) is 4.99 Å². The van der Waals surface area contributed by atoms with Crippen LogP contribution in [0.15, 0.2) is 4.99 Å². The van der Waals surface area contributed by atoms with Crippen LogP contribution in [0.1, 0.15) is 51.9 Å². The smallest absolute Gasteiger partial charge is 0.191 e. The number of nitrogens with zero attached hydrogens (tertiary/aromatic N) is 2. The highest BCUT2D eigenvalue weighted by atomic mass is 127. The summed E-state index contributed by atoms with van der Waals surface area (Å²) in [7, 11) is 4.14. The van der Waals surface area contributed by atoms with Gasteiger partial charge < -0.3 is 15.5 Å². The number of likely N-dealkylation sites (N-methyl/N-ethyl adjacent to an activating group) is 1. The fraction of sp³-hybridized carbons (Fsp3) is 0.941. The van der Waals surface area contributed by atoms with Crippen LogP contribution < -0.4 is 10.6 Å². The zero-order chi connectivity index (χ0) is 15.8. The van der Waals surface area contributed by atoms with Crippen molar-refractivity contribution in [1.82, 2.24) is 15.5 Å². The van der Waals surface area contributed by atoms with Crippen molar-refractivity contribution < 1.29 is 0 Å². The summed E-state index contributed by atoms with van der Waals surface area (Å²) >= 11 is 2.11. The van der Waals surface area contributed by atoms with Crippen LogP contribution in [0.4, 0.5) is 0 Å². The lowest BCUT2D eigenvalue weighted by atomic mass is 10.2. The van der Waals surface area contributed by atoms with Crippen LogP contribution in [0.2, 0.25) is 0 Å². The van der Waals surface area contributed by atoms with E-state index in [1.807, 2.05) is 7.05 Å². The van der Waals surface area contributed by atoms with Gasteiger partial charge in [-0.25, -0.2) is 0 Å². The maximum Gasteiger partial charge on any atom is 0.191 e. The van der Waals surface area contributed by atoms with Crippen molar-refractivity contribution in [3.8, 4) is 0 Å². The monoisotopic (exact) mass is 454 g/mol. The standard InChI is InChI=1S/C17H34N4S.HI/c1-4-22-16-10-9-14(13-16)20-17(18-2)19-11-12-21(3)15-7-5-6-8-15;/h14-16H,4-13H2,1-3H3,(H2,18,19,20);1H. The predicted octanol–water partition coefficient (Wildman–Crippen LogP) is 3.32. The molecule has 2 aliphatic carbocycles. The van der Waals surface area contributed by atoms with Crippen LogP contribution in [-0.2, 0) is 0 Å². The maximum absolute atomic E-state index is 4.39. The number of hydrogen-bond donors (Lipinski definition) is 2. The molecule has 2 N–H and O–H groups in total. The largest absolute Gasteiger partial charge is 0.355 e. The summed E-state index contributed by atoms with van der Waals surface area (Å²) in [6.07, 6.45) is 9.47. The fourth-order valence-electron chi connectivity index (χ4n) is 3.72. The van der Waals surface area contributed by atoms with Gasteiger partial charge >= 0.3 is 0 Å². The normalized spacial score (nSPS) is 25.7. The van der Waals surface area contributed by atoms with Gasteiger partial charge in [0.2, 0.25) is 0 Å². The van der Waals surface area contributed by atoms with Crippen LogP contribution in [-0.4, -0.2) is 61.1 Å². The lowest BCUT2D eigenvalue weighted by molar-refractivity contribution is 0.249. The first-order valence-electron chi connectivity index (χ1n) is 9.02. The van der Waals surface area contributed by atoms with E-state index in [0.29, 0.717) is 6.04 Å². The second-order valence-electron chi connectivity index (χ2n) is 6.65. The van der Waals surface area contributed by atoms with E-state index in [0.717, 1.165) is 30.3 Å². The summed E-state index contributed by atoms with van der Waals surface area (Å²) in [6.45, 7) is 4.34. The second kappa shape index (κ2) is 11.8. The van der Waals surface area contributed by atoms with E-state index in [4.69, 9.17) is 0 Å². The quantitative estimate of drug-likeness (QED) is 0.352. The number of hydrogen-bond acceptors (Lipinski definition) is 3. The molecule has 0 spiro atoms. The highest BCUT2D eigenvalue weighted by molar-refractivity contribution is 14.0. The second-order valence-corrected chi connectivity index (χ2v) is 8.23. The van der Waals surface area contributed by atoms with Gasteiger partial charge in [0.1, 0.15) is 0 Å². The van der Waals surface area contributed by atoms with Crippen molar-refractivity contribution in [2.24, 2.45) is 4.99 Å². The lowest BCUT2D eigenvalue weighted by Gasteiger charge is -2.25. The number of nitrogens with one attached hydrogen (secondary N) is 2. The number of guanidine groups is 1. The Hall–Kier alpha value is 0.310. The third-order valence-electron chi connectivity index (χ3n) is 5.06. The molecule has 6 heteroatoms. The molecule has 0 amide bonds. The van der Waals surface area contributed by atoms with Gasteiger partial charge in [0, 0.05) is 37.5 Å². The highest BCUT2D eigenvalue weighted by Crippen LogP contribution is 2.29. The predicted molar refractivity (Wildman–Crippen MR) is 114 cm³/mol. The van der Waals surface area contributed by atoms with Crippen LogP contribution >= 0.6 is 35.7 Å². The molecule has 2 aliphatic rings. The van der Waals surface area contributed by atoms with E-state index in [1.54, 1.807) is 0 Å². The van der Waals surface area contributed by atoms with Gasteiger partial charge in [0.05, 0.1) is 0 Å². The first-order chi connectivity index (χ1) is 10.7. The molecule has 2 atom stereocenters. The summed E-state index contributed by atoms with van der Waals surface area (Å²) in [5.74, 6) is 2.21. The molecule has 2 fully saturated rings. The molecule has 2 unspecified atom stereocenters. The minimum absolute atomic E-state index is 0. The Labute approximate surface area is 164 Å². The van der Waals surface area contributed by atoms with Gasteiger partial charge in [0.15, 0.2) is 5.96 Å². The molecule has 0 heterocycles. The summed E-state index contributed by atoms with van der Waals surface area (Å²) in [6, 6.07) is 1.40. The molecule has 0 aromatic carbocycles. The molecule has 0 radical (unpaired) electrons. The van der Waals surface area contributed by atoms with Crippen LogP contribution in [0.3, 0.4) is 0 Å². The molecule has 2 rings (SSSR count). The average Bonchev–Trinajstić information content (AvgIpc) is 3.18. The van der Waals surface area contributed by atoms with Crippen LogP contribution in [0, 0.1) is 0 Å². The summed E-state index contributed by atoms with van der Waals surface area (Å²) in [5, 5.41) is 7.93. The van der Waals surface area contributed by atoms with Gasteiger partial charge in [0.25, 0.3) is 0 Å². The van der Waals surface area contributed by atoms with E-state index < -0.39 is 0 Å². The summed E-state index contributed by atoms with van der Waals surface area (Å²) in [4.78, 5) is 6.90. The minimum Gasteiger partial charge on any atom is -0.355 e. The Morgan fingerprint density at radius 1 is 1.22 bits per heavy atom. The van der Waals surface area contributed by atoms with E-state index in [9.17, 15) is 0 Å². The van der Waals surface area contributed by atoms with Crippen molar-refractivity contribution in [2.75, 3.05) is 32.9 Å². The maximum atomic E-state index is 4.39. The van der Waals surface area contributed by atoms with Crippen LogP contribution in [0.25, 0.3) is 0 Å². The molecular formula is C17H35IN4S. The third kappa shape index (κ3) is 7.38. The molecule has 0 aromatic rings. The average molecular weight is 454 g/mol. The minimum atomic E-state index is 0. The van der Waals surface area contributed by atoms with E-state index in [1.165, 1.54) is 50.7 Å². The SMILES string of the molecule is CCSC1CCC(NC(=NC)NCCN(C)C2CCCC2)C1.I. The molecule has 136 valence electrons. The number of rotatable bonds is 7. The van der Waals surface area contributed by atoms with Crippen molar-refractivity contribution in [2.45, 2.75) is 69.2 Å². The summed E-state index contributed by atoms with van der Waals surface area (Å²) in [5.41, 5.74) is 0. The molecule has 23 heavy (non-hydrogen) atoms. The van der Waals surface area contributed by atoms with Crippen LogP contribution in [0.5, 0.6) is 0 Å². The van der Waals surface area contributed by atoms with Gasteiger partial charge in [-0.15, -0.1) is 24.0 Å². The first kappa shape index (κ1) is 21.4. The topological polar surface area (TPSA) is 39.7 Å². The molecule has 0 aromatic heterocycles. The number of thioether (sulfide) groups is 1. The Balaban J connectivity index is 0.00000264. The van der Waals surface area contributed by atoms with E-state index >= 15 is 0 Å². The van der Waals surface area contributed by atoms with Crippen molar-refractivity contribution in [3.63, 3.8) is 0 Å². The van der Waals surface area contributed by atoms with E-state index in [-0.39, 0.29) is 24.0 Å². The Morgan fingerprint density at radius 3 is 2.61 bits per heavy atom. The van der Waals surface area contributed by atoms with Crippen molar-refractivity contribution in [1.29, 1.82) is 0 Å². The number of aliphatic imine (C=N–C) groups is 1. The fourth-order valence-corrected chi connectivity index (χ4v) is 4.87. The Bertz CT molecular complexity index is 347. The zero-order valence-corrected chi connectivity index (χ0v) is 18.2. The van der Waals surface area contributed by atoms with Gasteiger partial charge in [-0.1, -0.05) is 19.8 Å².